The van der Waals surface area contributed by atoms with E-state index < -0.39 is 0 Å². The van der Waals surface area contributed by atoms with Crippen LogP contribution in [0.15, 0.2) is 6.07 Å². The Morgan fingerprint density at radius 1 is 1.27 bits per heavy atom. The largest absolute Gasteiger partial charge is 0.384 e. The lowest BCUT2D eigenvalue weighted by atomic mass is 9.95. The van der Waals surface area contributed by atoms with Gasteiger partial charge in [0.2, 0.25) is 0 Å². The molecule has 3 nitrogen and oxygen atoms in total. The fourth-order valence-corrected chi connectivity index (χ4v) is 1.38. The van der Waals surface area contributed by atoms with Gasteiger partial charge in [-0.25, -0.2) is 9.97 Å². The molecule has 1 heterocycles. The molecule has 0 aliphatic heterocycles. The van der Waals surface area contributed by atoms with Crippen molar-refractivity contribution in [3.05, 3.63) is 17.6 Å². The first-order chi connectivity index (χ1) is 6.79. The van der Waals surface area contributed by atoms with Crippen molar-refractivity contribution in [1.29, 1.82) is 0 Å². The lowest BCUT2D eigenvalue weighted by Crippen LogP contribution is -2.18. The van der Waals surface area contributed by atoms with Crippen molar-refractivity contribution in [3.63, 3.8) is 0 Å². The van der Waals surface area contributed by atoms with Crippen LogP contribution in [0.25, 0.3) is 0 Å². The molecule has 0 radical (unpaired) electrons. The van der Waals surface area contributed by atoms with Crippen molar-refractivity contribution < 1.29 is 0 Å². The minimum Gasteiger partial charge on any atom is -0.384 e. The molecule has 0 saturated carbocycles. The number of hydrogen-bond donors (Lipinski definition) is 1. The van der Waals surface area contributed by atoms with Crippen LogP contribution in [0.1, 0.15) is 46.1 Å². The van der Waals surface area contributed by atoms with Crippen LogP contribution in [0.2, 0.25) is 0 Å². The zero-order chi connectivity index (χ0) is 11.6. The van der Waals surface area contributed by atoms with Crippen molar-refractivity contribution in [2.24, 2.45) is 5.92 Å². The van der Waals surface area contributed by atoms with Crippen molar-refractivity contribution in [1.82, 2.24) is 9.97 Å². The molecule has 0 saturated heterocycles. The number of nitrogens with two attached hydrogens (primary N) is 1. The van der Waals surface area contributed by atoms with Gasteiger partial charge in [0.25, 0.3) is 0 Å². The molecule has 1 rings (SSSR count). The van der Waals surface area contributed by atoms with Gasteiger partial charge in [-0.15, -0.1) is 0 Å². The van der Waals surface area contributed by atoms with Gasteiger partial charge in [0.1, 0.15) is 11.6 Å². The third-order valence-corrected chi connectivity index (χ3v) is 2.09. The molecule has 0 unspecified atom stereocenters. The van der Waals surface area contributed by atoms with Crippen LogP contribution in [-0.2, 0) is 11.8 Å². The predicted octanol–water partition coefficient (Wildman–Crippen LogP) is 2.55. The lowest BCUT2D eigenvalue weighted by molar-refractivity contribution is 0.536. The smallest absolute Gasteiger partial charge is 0.136 e. The van der Waals surface area contributed by atoms with E-state index in [1.54, 1.807) is 0 Å². The maximum Gasteiger partial charge on any atom is 0.136 e. The van der Waals surface area contributed by atoms with Gasteiger partial charge in [-0.1, -0.05) is 34.6 Å². The molecule has 0 fully saturated rings. The standard InChI is InChI=1S/C12H21N3/c1-8(2)6-9-7-10(13)15-11(14-9)12(3,4)5/h7-8H,6H2,1-5H3,(H2,13,14,15). The van der Waals surface area contributed by atoms with E-state index in [1.807, 2.05) is 6.07 Å². The number of rotatable bonds is 2. The molecule has 1 aromatic rings. The Balaban J connectivity index is 3.06. The van der Waals surface area contributed by atoms with Gasteiger partial charge < -0.3 is 5.73 Å². The SMILES string of the molecule is CC(C)Cc1cc(N)nc(C(C)(C)C)n1. The lowest BCUT2D eigenvalue weighted by Gasteiger charge is -2.18. The summed E-state index contributed by atoms with van der Waals surface area (Å²) in [5.74, 6) is 2.00. The van der Waals surface area contributed by atoms with Crippen LogP contribution in [0.5, 0.6) is 0 Å². The molecule has 0 aliphatic carbocycles. The van der Waals surface area contributed by atoms with E-state index in [4.69, 9.17) is 5.73 Å². The second kappa shape index (κ2) is 4.17. The molecular formula is C12H21N3. The first-order valence-corrected chi connectivity index (χ1v) is 5.43. The predicted molar refractivity (Wildman–Crippen MR) is 63.7 cm³/mol. The Morgan fingerprint density at radius 2 is 1.87 bits per heavy atom. The summed E-state index contributed by atoms with van der Waals surface area (Å²) in [4.78, 5) is 8.83. The third-order valence-electron chi connectivity index (χ3n) is 2.09. The van der Waals surface area contributed by atoms with E-state index in [0.717, 1.165) is 17.9 Å². The average molecular weight is 207 g/mol. The van der Waals surface area contributed by atoms with E-state index in [2.05, 4.69) is 44.6 Å². The number of aromatic nitrogens is 2. The van der Waals surface area contributed by atoms with Crippen LogP contribution in [0.4, 0.5) is 5.82 Å². The minimum atomic E-state index is -0.0406. The normalized spacial score (nSPS) is 12.1. The van der Waals surface area contributed by atoms with Crippen LogP contribution < -0.4 is 5.73 Å². The summed E-state index contributed by atoms with van der Waals surface area (Å²) in [7, 11) is 0. The van der Waals surface area contributed by atoms with Gasteiger partial charge in [0.05, 0.1) is 0 Å². The molecule has 84 valence electrons. The molecule has 0 atom stereocenters. The van der Waals surface area contributed by atoms with Gasteiger partial charge in [0.15, 0.2) is 0 Å². The molecule has 0 amide bonds. The van der Waals surface area contributed by atoms with Crippen LogP contribution in [0, 0.1) is 5.92 Å². The Labute approximate surface area is 92.1 Å². The fraction of sp³-hybridized carbons (Fsp3) is 0.667. The Hall–Kier alpha value is -1.12. The first-order valence-electron chi connectivity index (χ1n) is 5.43. The zero-order valence-corrected chi connectivity index (χ0v) is 10.3. The van der Waals surface area contributed by atoms with E-state index in [1.165, 1.54) is 0 Å². The highest BCUT2D eigenvalue weighted by Crippen LogP contribution is 2.20. The Bertz CT molecular complexity index is 337. The minimum absolute atomic E-state index is 0.0406. The number of hydrogen-bond acceptors (Lipinski definition) is 3. The summed E-state index contributed by atoms with van der Waals surface area (Å²) in [6.45, 7) is 10.6. The molecule has 3 heteroatoms. The molecule has 0 spiro atoms. The van der Waals surface area contributed by atoms with Crippen molar-refractivity contribution in [2.45, 2.75) is 46.5 Å². The summed E-state index contributed by atoms with van der Waals surface area (Å²) in [6, 6.07) is 1.87. The summed E-state index contributed by atoms with van der Waals surface area (Å²) >= 11 is 0. The molecule has 0 aromatic carbocycles. The van der Waals surface area contributed by atoms with Crippen molar-refractivity contribution >= 4 is 5.82 Å². The molecule has 15 heavy (non-hydrogen) atoms. The van der Waals surface area contributed by atoms with E-state index >= 15 is 0 Å². The topological polar surface area (TPSA) is 51.8 Å². The van der Waals surface area contributed by atoms with Crippen molar-refractivity contribution in [3.8, 4) is 0 Å². The van der Waals surface area contributed by atoms with Gasteiger partial charge in [-0.3, -0.25) is 0 Å². The van der Waals surface area contributed by atoms with E-state index in [9.17, 15) is 0 Å². The summed E-state index contributed by atoms with van der Waals surface area (Å²) < 4.78 is 0. The summed E-state index contributed by atoms with van der Waals surface area (Å²) in [5, 5.41) is 0. The second-order valence-corrected chi connectivity index (χ2v) is 5.46. The zero-order valence-electron chi connectivity index (χ0n) is 10.3. The fourth-order valence-electron chi connectivity index (χ4n) is 1.38. The van der Waals surface area contributed by atoms with Crippen LogP contribution in [0.3, 0.4) is 0 Å². The summed E-state index contributed by atoms with van der Waals surface area (Å²) in [6.07, 6.45) is 0.954. The van der Waals surface area contributed by atoms with Crippen LogP contribution >= 0.6 is 0 Å². The van der Waals surface area contributed by atoms with Gasteiger partial charge in [-0.2, -0.15) is 0 Å². The first kappa shape index (κ1) is 12.0. The van der Waals surface area contributed by atoms with E-state index in [0.29, 0.717) is 11.7 Å². The quantitative estimate of drug-likeness (QED) is 0.810. The number of nitrogen functional groups attached to an aromatic ring is 1. The monoisotopic (exact) mass is 207 g/mol. The molecule has 0 aliphatic rings. The van der Waals surface area contributed by atoms with Gasteiger partial charge in [-0.05, 0) is 12.3 Å². The maximum atomic E-state index is 5.78. The van der Waals surface area contributed by atoms with Crippen molar-refractivity contribution in [2.75, 3.05) is 5.73 Å². The highest BCUT2D eigenvalue weighted by molar-refractivity contribution is 5.31. The highest BCUT2D eigenvalue weighted by Gasteiger charge is 2.18. The molecular weight excluding hydrogens is 186 g/mol. The Morgan fingerprint density at radius 3 is 2.33 bits per heavy atom. The second-order valence-electron chi connectivity index (χ2n) is 5.46. The summed E-state index contributed by atoms with van der Waals surface area (Å²) in [5.41, 5.74) is 6.78. The highest BCUT2D eigenvalue weighted by atomic mass is 15.0. The average Bonchev–Trinajstić information content (AvgIpc) is 1.99. The van der Waals surface area contributed by atoms with Crippen LogP contribution in [-0.4, -0.2) is 9.97 Å². The Kier molecular flexibility index (Phi) is 3.32. The number of anilines is 1. The third kappa shape index (κ3) is 3.50. The molecule has 2 N–H and O–H groups in total. The van der Waals surface area contributed by atoms with Gasteiger partial charge in [0, 0.05) is 17.2 Å². The molecule has 1 aromatic heterocycles. The number of nitrogens with zero attached hydrogens (tertiary/aromatic N) is 2. The van der Waals surface area contributed by atoms with E-state index in [-0.39, 0.29) is 5.41 Å². The maximum absolute atomic E-state index is 5.78. The van der Waals surface area contributed by atoms with Gasteiger partial charge >= 0.3 is 0 Å². The molecule has 0 bridgehead atoms.